The highest BCUT2D eigenvalue weighted by atomic mass is 35.5. The number of aromatic nitrogens is 2. The Morgan fingerprint density at radius 2 is 1.44 bits per heavy atom. The number of carbonyl (C=O) groups excluding carboxylic acids is 2. The second-order valence-electron chi connectivity index (χ2n) is 8.91. The summed E-state index contributed by atoms with van der Waals surface area (Å²) in [6.07, 6.45) is -6.17. The number of hydrogen-bond acceptors (Lipinski definition) is 4. The highest BCUT2D eigenvalue weighted by Gasteiger charge is 2.32. The molecule has 1 heterocycles. The molecular formula is C31H21ClF3N3O3. The number of amides is 1. The van der Waals surface area contributed by atoms with Gasteiger partial charge in [-0.2, -0.15) is 18.3 Å². The average molecular weight is 576 g/mol. The van der Waals surface area contributed by atoms with Crippen LogP contribution in [0.25, 0.3) is 16.9 Å². The molecule has 41 heavy (non-hydrogen) atoms. The zero-order valence-electron chi connectivity index (χ0n) is 21.2. The van der Waals surface area contributed by atoms with E-state index in [2.05, 4.69) is 10.4 Å². The van der Waals surface area contributed by atoms with E-state index < -0.39 is 29.7 Å². The zero-order valence-corrected chi connectivity index (χ0v) is 21.9. The maximum atomic E-state index is 13.6. The molecule has 0 unspecified atom stereocenters. The molecule has 4 aromatic carbocycles. The van der Waals surface area contributed by atoms with Gasteiger partial charge in [-0.25, -0.2) is 9.48 Å². The lowest BCUT2D eigenvalue weighted by Gasteiger charge is -2.19. The molecule has 1 aromatic heterocycles. The molecule has 0 saturated heterocycles. The summed E-state index contributed by atoms with van der Waals surface area (Å²) < 4.78 is 47.0. The Bertz CT molecular complexity index is 1680. The summed E-state index contributed by atoms with van der Waals surface area (Å²) in [6, 6.07) is 30.3. The Hall–Kier alpha value is -4.89. The van der Waals surface area contributed by atoms with Gasteiger partial charge in [-0.15, -0.1) is 0 Å². The van der Waals surface area contributed by atoms with Crippen LogP contribution in [0.15, 0.2) is 115 Å². The second kappa shape index (κ2) is 11.7. The molecule has 5 rings (SSSR count). The number of para-hydroxylation sites is 1. The van der Waals surface area contributed by atoms with E-state index in [0.717, 1.165) is 23.8 Å². The van der Waals surface area contributed by atoms with Crippen molar-refractivity contribution in [3.8, 4) is 16.9 Å². The minimum atomic E-state index is -4.65. The molecule has 0 aliphatic carbocycles. The number of rotatable bonds is 7. The molecule has 1 N–H and O–H groups in total. The van der Waals surface area contributed by atoms with Crippen LogP contribution in [0.4, 0.5) is 18.9 Å². The van der Waals surface area contributed by atoms with Gasteiger partial charge in [-0.05, 0) is 36.4 Å². The van der Waals surface area contributed by atoms with Crippen LogP contribution in [0.2, 0.25) is 5.02 Å². The van der Waals surface area contributed by atoms with Gasteiger partial charge >= 0.3 is 12.1 Å². The summed E-state index contributed by atoms with van der Waals surface area (Å²) in [4.78, 5) is 27.1. The first-order valence-corrected chi connectivity index (χ1v) is 12.7. The quantitative estimate of drug-likeness (QED) is 0.201. The lowest BCUT2D eigenvalue weighted by molar-refractivity contribution is -0.137. The third kappa shape index (κ3) is 6.31. The van der Waals surface area contributed by atoms with E-state index in [0.29, 0.717) is 16.9 Å². The molecule has 0 aliphatic heterocycles. The number of anilines is 1. The largest absolute Gasteiger partial charge is 0.443 e. The minimum Gasteiger partial charge on any atom is -0.443 e. The first-order chi connectivity index (χ1) is 19.7. The standard InChI is InChI=1S/C31H21ClF3N3O3/c32-24-17-16-22(31(33,34)35)18-26(24)36-29(39)28(21-12-6-2-7-13-21)41-30(40)27-19-25(20-10-4-1-5-11-20)37-38(27)23-14-8-3-9-15-23/h1-19,28H,(H,36,39)/t28-/m1/s1. The Morgan fingerprint density at radius 1 is 0.829 bits per heavy atom. The first kappa shape index (κ1) is 27.7. The fourth-order valence-corrected chi connectivity index (χ4v) is 4.27. The second-order valence-corrected chi connectivity index (χ2v) is 9.31. The number of alkyl halides is 3. The Labute approximate surface area is 238 Å². The van der Waals surface area contributed by atoms with Crippen molar-refractivity contribution >= 4 is 29.2 Å². The molecule has 5 aromatic rings. The number of hydrogen-bond donors (Lipinski definition) is 1. The first-order valence-electron chi connectivity index (χ1n) is 12.3. The molecular weight excluding hydrogens is 555 g/mol. The van der Waals surface area contributed by atoms with Crippen molar-refractivity contribution in [2.24, 2.45) is 0 Å². The highest BCUT2D eigenvalue weighted by molar-refractivity contribution is 6.33. The molecule has 1 atom stereocenters. The van der Waals surface area contributed by atoms with Gasteiger partial charge in [0.25, 0.3) is 5.91 Å². The van der Waals surface area contributed by atoms with Gasteiger partial charge in [0, 0.05) is 11.1 Å². The summed E-state index contributed by atoms with van der Waals surface area (Å²) >= 11 is 6.09. The van der Waals surface area contributed by atoms with Crippen LogP contribution >= 0.6 is 11.6 Å². The molecule has 0 radical (unpaired) electrons. The Morgan fingerprint density at radius 3 is 2.07 bits per heavy atom. The van der Waals surface area contributed by atoms with Crippen molar-refractivity contribution in [1.82, 2.24) is 9.78 Å². The normalized spacial score (nSPS) is 12.0. The Kier molecular flexibility index (Phi) is 7.89. The average Bonchev–Trinajstić information content (AvgIpc) is 3.43. The van der Waals surface area contributed by atoms with Crippen molar-refractivity contribution in [2.45, 2.75) is 12.3 Å². The number of ether oxygens (including phenoxy) is 1. The van der Waals surface area contributed by atoms with Crippen LogP contribution in [0.1, 0.15) is 27.7 Å². The van der Waals surface area contributed by atoms with E-state index in [9.17, 15) is 22.8 Å². The van der Waals surface area contributed by atoms with Gasteiger partial charge in [0.2, 0.25) is 6.10 Å². The molecule has 10 heteroatoms. The molecule has 0 bridgehead atoms. The Balaban J connectivity index is 1.50. The predicted molar refractivity (Wildman–Crippen MR) is 149 cm³/mol. The van der Waals surface area contributed by atoms with Crippen LogP contribution in [-0.2, 0) is 15.7 Å². The van der Waals surface area contributed by atoms with E-state index in [-0.39, 0.29) is 16.4 Å². The van der Waals surface area contributed by atoms with Crippen LogP contribution < -0.4 is 5.32 Å². The number of nitrogens with zero attached hydrogens (tertiary/aromatic N) is 2. The fourth-order valence-electron chi connectivity index (χ4n) is 4.11. The van der Waals surface area contributed by atoms with Crippen LogP contribution in [0.5, 0.6) is 0 Å². The monoisotopic (exact) mass is 575 g/mol. The number of nitrogens with one attached hydrogen (secondary N) is 1. The minimum absolute atomic E-state index is 0.0425. The summed E-state index contributed by atoms with van der Waals surface area (Å²) in [5.41, 5.74) is 0.912. The number of benzene rings is 4. The molecule has 1 amide bonds. The maximum Gasteiger partial charge on any atom is 0.416 e. The predicted octanol–water partition coefficient (Wildman–Crippen LogP) is 7.75. The molecule has 6 nitrogen and oxygen atoms in total. The SMILES string of the molecule is O=C(O[C@@H](C(=O)Nc1cc(C(F)(F)F)ccc1Cl)c1ccccc1)c1cc(-c2ccccc2)nn1-c1ccccc1. The summed E-state index contributed by atoms with van der Waals surface area (Å²) in [5.74, 6) is -1.76. The molecule has 0 spiro atoms. The lowest BCUT2D eigenvalue weighted by atomic mass is 10.1. The summed E-state index contributed by atoms with van der Waals surface area (Å²) in [5, 5.41) is 6.87. The number of esters is 1. The number of halogens is 4. The number of carbonyl (C=O) groups is 2. The van der Waals surface area contributed by atoms with Crippen molar-refractivity contribution < 1.29 is 27.5 Å². The van der Waals surface area contributed by atoms with Gasteiger partial charge in [-0.1, -0.05) is 90.5 Å². The van der Waals surface area contributed by atoms with Crippen LogP contribution in [0.3, 0.4) is 0 Å². The van der Waals surface area contributed by atoms with Crippen molar-refractivity contribution in [3.63, 3.8) is 0 Å². The molecule has 0 saturated carbocycles. The van der Waals surface area contributed by atoms with Gasteiger partial charge in [0.1, 0.15) is 0 Å². The van der Waals surface area contributed by atoms with Crippen molar-refractivity contribution in [1.29, 1.82) is 0 Å². The van der Waals surface area contributed by atoms with Crippen molar-refractivity contribution in [3.05, 3.63) is 137 Å². The van der Waals surface area contributed by atoms with Gasteiger partial charge < -0.3 is 10.1 Å². The third-order valence-corrected chi connectivity index (χ3v) is 6.44. The van der Waals surface area contributed by atoms with Gasteiger partial charge in [0.15, 0.2) is 5.69 Å². The summed E-state index contributed by atoms with van der Waals surface area (Å²) in [7, 11) is 0. The highest BCUT2D eigenvalue weighted by Crippen LogP contribution is 2.34. The van der Waals surface area contributed by atoms with E-state index in [1.165, 1.54) is 4.68 Å². The zero-order chi connectivity index (χ0) is 29.0. The van der Waals surface area contributed by atoms with Crippen LogP contribution in [-0.4, -0.2) is 21.7 Å². The van der Waals surface area contributed by atoms with Gasteiger partial charge in [-0.3, -0.25) is 4.79 Å². The topological polar surface area (TPSA) is 73.2 Å². The van der Waals surface area contributed by atoms with Crippen molar-refractivity contribution in [2.75, 3.05) is 5.32 Å². The van der Waals surface area contributed by atoms with E-state index >= 15 is 0 Å². The third-order valence-electron chi connectivity index (χ3n) is 6.11. The van der Waals surface area contributed by atoms with E-state index in [1.807, 2.05) is 36.4 Å². The van der Waals surface area contributed by atoms with Crippen LogP contribution in [0, 0.1) is 0 Å². The van der Waals surface area contributed by atoms with Gasteiger partial charge in [0.05, 0.1) is 27.7 Å². The van der Waals surface area contributed by atoms with E-state index in [1.54, 1.807) is 60.7 Å². The lowest BCUT2D eigenvalue weighted by Crippen LogP contribution is -2.27. The summed E-state index contributed by atoms with van der Waals surface area (Å²) in [6.45, 7) is 0. The van der Waals surface area contributed by atoms with E-state index in [4.69, 9.17) is 16.3 Å². The molecule has 206 valence electrons. The smallest absolute Gasteiger partial charge is 0.416 e. The fraction of sp³-hybridized carbons (Fsp3) is 0.0645. The molecule has 0 aliphatic rings. The maximum absolute atomic E-state index is 13.6. The molecule has 0 fully saturated rings.